The zero-order valence-corrected chi connectivity index (χ0v) is 13.0. The number of aromatic nitrogens is 1. The molecule has 0 saturated carbocycles. The maximum Gasteiger partial charge on any atom is 0.101 e. The van der Waals surface area contributed by atoms with E-state index < -0.39 is 0 Å². The molecule has 0 aliphatic carbocycles. The molecule has 0 bridgehead atoms. The van der Waals surface area contributed by atoms with Crippen molar-refractivity contribution >= 4 is 11.2 Å². The lowest BCUT2D eigenvalue weighted by Gasteiger charge is -2.19. The second kappa shape index (κ2) is 5.95. The van der Waals surface area contributed by atoms with Gasteiger partial charge >= 0.3 is 0 Å². The molecule has 0 atom stereocenters. The van der Waals surface area contributed by atoms with E-state index in [2.05, 4.69) is 53.6 Å². The fraction of sp³-hybridized carbons (Fsp3) is 0.211. The molecule has 2 aromatic heterocycles. The first-order chi connectivity index (χ1) is 10.7. The Labute approximate surface area is 131 Å². The van der Waals surface area contributed by atoms with Gasteiger partial charge in [0, 0.05) is 24.6 Å². The molecule has 0 aliphatic heterocycles. The van der Waals surface area contributed by atoms with Gasteiger partial charge in [-0.25, -0.2) is 0 Å². The molecule has 2 heterocycles. The zero-order valence-electron chi connectivity index (χ0n) is 13.0. The quantitative estimate of drug-likeness (QED) is 0.726. The molecule has 0 radical (unpaired) electrons. The van der Waals surface area contributed by atoms with Crippen LogP contribution >= 0.6 is 0 Å². The minimum absolute atomic E-state index is 0.727. The summed E-state index contributed by atoms with van der Waals surface area (Å²) in [7, 11) is 2.08. The molecule has 0 fully saturated rings. The van der Waals surface area contributed by atoms with Crippen molar-refractivity contribution in [2.24, 2.45) is 0 Å². The molecule has 110 valence electrons. The summed E-state index contributed by atoms with van der Waals surface area (Å²) in [6, 6.07) is 18.8. The molecule has 0 spiro atoms. The summed E-state index contributed by atoms with van der Waals surface area (Å²) in [6.45, 7) is 2.92. The lowest BCUT2D eigenvalue weighted by molar-refractivity contribution is 0.870. The van der Waals surface area contributed by atoms with Gasteiger partial charge in [0.1, 0.15) is 6.07 Å². The highest BCUT2D eigenvalue weighted by Crippen LogP contribution is 2.21. The van der Waals surface area contributed by atoms with E-state index in [0.717, 1.165) is 29.7 Å². The average molecular weight is 289 g/mol. The molecule has 0 aliphatic rings. The third kappa shape index (κ3) is 2.56. The molecular formula is C19H19N3. The maximum absolute atomic E-state index is 9.28. The number of hydrogen-bond donors (Lipinski definition) is 0. The van der Waals surface area contributed by atoms with Crippen molar-refractivity contribution in [1.82, 2.24) is 4.40 Å². The van der Waals surface area contributed by atoms with Crippen molar-refractivity contribution in [2.45, 2.75) is 19.9 Å². The van der Waals surface area contributed by atoms with Crippen LogP contribution in [0, 0.1) is 11.3 Å². The Hall–Kier alpha value is -2.73. The van der Waals surface area contributed by atoms with Crippen LogP contribution in [-0.2, 0) is 13.0 Å². The van der Waals surface area contributed by atoms with E-state index in [0.29, 0.717) is 0 Å². The summed E-state index contributed by atoms with van der Waals surface area (Å²) in [4.78, 5) is 2.20. The molecule has 3 rings (SSSR count). The first kappa shape index (κ1) is 14.2. The molecule has 0 N–H and O–H groups in total. The number of pyridine rings is 1. The Morgan fingerprint density at radius 1 is 1.14 bits per heavy atom. The van der Waals surface area contributed by atoms with E-state index in [1.165, 1.54) is 11.3 Å². The fourth-order valence-corrected chi connectivity index (χ4v) is 2.75. The highest BCUT2D eigenvalue weighted by atomic mass is 15.1. The van der Waals surface area contributed by atoms with E-state index in [4.69, 9.17) is 0 Å². The first-order valence-electron chi connectivity index (χ1n) is 7.52. The van der Waals surface area contributed by atoms with Crippen LogP contribution in [0.15, 0.2) is 54.7 Å². The highest BCUT2D eigenvalue weighted by molar-refractivity contribution is 5.63. The average Bonchev–Trinajstić information content (AvgIpc) is 2.93. The van der Waals surface area contributed by atoms with Crippen molar-refractivity contribution in [3.05, 3.63) is 71.5 Å². The maximum atomic E-state index is 9.28. The number of aryl methyl sites for hydroxylation is 1. The number of nitrogens with zero attached hydrogens (tertiary/aromatic N) is 3. The predicted octanol–water partition coefficient (Wildman–Crippen LogP) is 4.01. The Kier molecular flexibility index (Phi) is 3.84. The van der Waals surface area contributed by atoms with Crippen molar-refractivity contribution in [3.63, 3.8) is 0 Å². The summed E-state index contributed by atoms with van der Waals surface area (Å²) in [6.07, 6.45) is 3.07. The second-order valence-electron chi connectivity index (χ2n) is 5.49. The van der Waals surface area contributed by atoms with Crippen LogP contribution in [0.2, 0.25) is 0 Å². The molecule has 1 aromatic carbocycles. The van der Waals surface area contributed by atoms with Gasteiger partial charge in [0.2, 0.25) is 0 Å². The number of nitriles is 1. The summed E-state index contributed by atoms with van der Waals surface area (Å²) >= 11 is 0. The Balaban J connectivity index is 1.90. The van der Waals surface area contributed by atoms with Crippen LogP contribution in [0.4, 0.5) is 5.69 Å². The van der Waals surface area contributed by atoms with Crippen molar-refractivity contribution in [2.75, 3.05) is 11.9 Å². The van der Waals surface area contributed by atoms with Crippen molar-refractivity contribution in [3.8, 4) is 6.07 Å². The van der Waals surface area contributed by atoms with Gasteiger partial charge in [0.25, 0.3) is 0 Å². The van der Waals surface area contributed by atoms with Gasteiger partial charge in [-0.3, -0.25) is 0 Å². The van der Waals surface area contributed by atoms with Crippen LogP contribution in [0.25, 0.3) is 5.52 Å². The van der Waals surface area contributed by atoms with Gasteiger partial charge in [-0.15, -0.1) is 0 Å². The van der Waals surface area contributed by atoms with Crippen LogP contribution in [-0.4, -0.2) is 11.4 Å². The Morgan fingerprint density at radius 3 is 2.59 bits per heavy atom. The van der Waals surface area contributed by atoms with E-state index in [1.54, 1.807) is 0 Å². The fourth-order valence-electron chi connectivity index (χ4n) is 2.75. The zero-order chi connectivity index (χ0) is 15.5. The molecule has 3 aromatic rings. The number of benzene rings is 1. The van der Waals surface area contributed by atoms with Crippen LogP contribution in [0.5, 0.6) is 0 Å². The standard InChI is InChI=1S/C19H19N3/c1-3-15-7-9-17(10-8-15)21(2)14-18-12-16(13-20)19-6-4-5-11-22(18)19/h4-12H,3,14H2,1-2H3. The van der Waals surface area contributed by atoms with Gasteiger partial charge < -0.3 is 9.30 Å². The molecular weight excluding hydrogens is 270 g/mol. The predicted molar refractivity (Wildman–Crippen MR) is 90.0 cm³/mol. The van der Waals surface area contributed by atoms with Gasteiger partial charge in [0.05, 0.1) is 17.6 Å². The van der Waals surface area contributed by atoms with E-state index in [1.807, 2.05) is 30.5 Å². The summed E-state index contributed by atoms with van der Waals surface area (Å²) < 4.78 is 2.09. The first-order valence-corrected chi connectivity index (χ1v) is 7.52. The minimum atomic E-state index is 0.727. The monoisotopic (exact) mass is 289 g/mol. The summed E-state index contributed by atoms with van der Waals surface area (Å²) in [5, 5.41) is 9.28. The van der Waals surface area contributed by atoms with Gasteiger partial charge in [0.15, 0.2) is 0 Å². The Morgan fingerprint density at radius 2 is 1.91 bits per heavy atom. The smallest absolute Gasteiger partial charge is 0.101 e. The van der Waals surface area contributed by atoms with Crippen LogP contribution in [0.1, 0.15) is 23.7 Å². The van der Waals surface area contributed by atoms with Crippen LogP contribution < -0.4 is 4.90 Å². The lowest BCUT2D eigenvalue weighted by atomic mass is 10.1. The largest absolute Gasteiger partial charge is 0.369 e. The Bertz CT molecular complexity index is 822. The van der Waals surface area contributed by atoms with Gasteiger partial charge in [-0.2, -0.15) is 5.26 Å². The molecule has 0 unspecified atom stereocenters. The normalized spacial score (nSPS) is 10.6. The third-order valence-electron chi connectivity index (χ3n) is 4.06. The molecule has 22 heavy (non-hydrogen) atoms. The van der Waals surface area contributed by atoms with Crippen molar-refractivity contribution in [1.29, 1.82) is 5.26 Å². The van der Waals surface area contributed by atoms with Gasteiger partial charge in [-0.1, -0.05) is 25.1 Å². The van der Waals surface area contributed by atoms with E-state index in [9.17, 15) is 5.26 Å². The SMILES string of the molecule is CCc1ccc(N(C)Cc2cc(C#N)c3ccccn23)cc1. The topological polar surface area (TPSA) is 31.4 Å². The third-order valence-corrected chi connectivity index (χ3v) is 4.06. The molecule has 3 heteroatoms. The number of hydrogen-bond acceptors (Lipinski definition) is 2. The van der Waals surface area contributed by atoms with E-state index in [-0.39, 0.29) is 0 Å². The molecule has 0 amide bonds. The molecule has 0 saturated heterocycles. The minimum Gasteiger partial charge on any atom is -0.369 e. The molecule has 3 nitrogen and oxygen atoms in total. The van der Waals surface area contributed by atoms with Crippen LogP contribution in [0.3, 0.4) is 0 Å². The van der Waals surface area contributed by atoms with Crippen molar-refractivity contribution < 1.29 is 0 Å². The number of fused-ring (bicyclic) bond motifs is 1. The summed E-state index contributed by atoms with van der Waals surface area (Å²) in [5.74, 6) is 0. The number of anilines is 1. The second-order valence-corrected chi connectivity index (χ2v) is 5.49. The lowest BCUT2D eigenvalue weighted by Crippen LogP contribution is -2.17. The van der Waals surface area contributed by atoms with Gasteiger partial charge in [-0.05, 0) is 42.3 Å². The number of rotatable bonds is 4. The highest BCUT2D eigenvalue weighted by Gasteiger charge is 2.10. The summed E-state index contributed by atoms with van der Waals surface area (Å²) in [5.41, 5.74) is 5.34. The van der Waals surface area contributed by atoms with E-state index >= 15 is 0 Å².